The zero-order chi connectivity index (χ0) is 19.9. The lowest BCUT2D eigenvalue weighted by Crippen LogP contribution is -2.36. The van der Waals surface area contributed by atoms with Crippen LogP contribution in [0.25, 0.3) is 0 Å². The van der Waals surface area contributed by atoms with E-state index >= 15 is 0 Å². The van der Waals surface area contributed by atoms with Gasteiger partial charge in [-0.15, -0.1) is 0 Å². The maximum absolute atomic E-state index is 12.5. The summed E-state index contributed by atoms with van der Waals surface area (Å²) in [6.45, 7) is 7.75. The standard InChI is InChI=1S/C24H32N4O/c29-24(25-22-9-11-23(12-10-22)28-15-4-5-16-28)20-27-14-6-13-26(17-18-27)19-21-7-2-1-3-8-21/h1-3,7-12H,4-6,13-20H2,(H,25,29). The van der Waals surface area contributed by atoms with Gasteiger partial charge in [0.15, 0.2) is 0 Å². The summed E-state index contributed by atoms with van der Waals surface area (Å²) in [7, 11) is 0. The van der Waals surface area contributed by atoms with Crippen LogP contribution >= 0.6 is 0 Å². The quantitative estimate of drug-likeness (QED) is 0.817. The average Bonchev–Trinajstić information content (AvgIpc) is 3.19. The highest BCUT2D eigenvalue weighted by molar-refractivity contribution is 5.92. The first-order chi connectivity index (χ1) is 14.3. The first kappa shape index (κ1) is 19.9. The van der Waals surface area contributed by atoms with E-state index in [-0.39, 0.29) is 5.91 Å². The Balaban J connectivity index is 1.23. The van der Waals surface area contributed by atoms with Crippen LogP contribution in [0.15, 0.2) is 54.6 Å². The molecule has 2 aromatic rings. The number of rotatable bonds is 6. The van der Waals surface area contributed by atoms with Crippen molar-refractivity contribution in [1.29, 1.82) is 0 Å². The number of hydrogen-bond donors (Lipinski definition) is 1. The van der Waals surface area contributed by atoms with Gasteiger partial charge in [0.2, 0.25) is 5.91 Å². The van der Waals surface area contributed by atoms with Crippen LogP contribution in [-0.4, -0.2) is 61.5 Å². The van der Waals surface area contributed by atoms with Gasteiger partial charge in [-0.2, -0.15) is 0 Å². The Kier molecular flexibility index (Phi) is 6.80. The smallest absolute Gasteiger partial charge is 0.238 e. The Bertz CT molecular complexity index is 771. The summed E-state index contributed by atoms with van der Waals surface area (Å²) in [5.41, 5.74) is 3.50. The first-order valence-corrected chi connectivity index (χ1v) is 10.9. The zero-order valence-electron chi connectivity index (χ0n) is 17.2. The van der Waals surface area contributed by atoms with Crippen LogP contribution in [0.2, 0.25) is 0 Å². The maximum atomic E-state index is 12.5. The summed E-state index contributed by atoms with van der Waals surface area (Å²) < 4.78 is 0. The molecule has 0 aliphatic carbocycles. The number of nitrogens with zero attached hydrogens (tertiary/aromatic N) is 3. The number of carbonyl (C=O) groups excluding carboxylic acids is 1. The van der Waals surface area contributed by atoms with Gasteiger partial charge in [0.05, 0.1) is 6.54 Å². The molecule has 0 unspecified atom stereocenters. The van der Waals surface area contributed by atoms with Gasteiger partial charge in [0, 0.05) is 44.1 Å². The molecule has 0 saturated carbocycles. The molecule has 154 valence electrons. The first-order valence-electron chi connectivity index (χ1n) is 10.9. The summed E-state index contributed by atoms with van der Waals surface area (Å²) in [6.07, 6.45) is 3.65. The fourth-order valence-electron chi connectivity index (χ4n) is 4.32. The molecule has 5 nitrogen and oxygen atoms in total. The van der Waals surface area contributed by atoms with E-state index in [2.05, 4.69) is 62.5 Å². The Hall–Kier alpha value is -2.37. The minimum absolute atomic E-state index is 0.0791. The van der Waals surface area contributed by atoms with E-state index in [1.807, 2.05) is 12.1 Å². The van der Waals surface area contributed by atoms with E-state index < -0.39 is 0 Å². The predicted octanol–water partition coefficient (Wildman–Crippen LogP) is 3.43. The number of amides is 1. The molecule has 2 fully saturated rings. The van der Waals surface area contributed by atoms with Crippen LogP contribution in [0.1, 0.15) is 24.8 Å². The largest absolute Gasteiger partial charge is 0.372 e. The van der Waals surface area contributed by atoms with E-state index in [0.717, 1.165) is 57.9 Å². The fourth-order valence-corrected chi connectivity index (χ4v) is 4.32. The molecule has 2 heterocycles. The van der Waals surface area contributed by atoms with E-state index in [0.29, 0.717) is 6.54 Å². The van der Waals surface area contributed by atoms with E-state index in [1.54, 1.807) is 0 Å². The van der Waals surface area contributed by atoms with Gasteiger partial charge >= 0.3 is 0 Å². The third kappa shape index (κ3) is 5.81. The molecule has 0 spiro atoms. The predicted molar refractivity (Wildman–Crippen MR) is 119 cm³/mol. The van der Waals surface area contributed by atoms with Crippen molar-refractivity contribution in [3.8, 4) is 0 Å². The van der Waals surface area contributed by atoms with Gasteiger partial charge in [0.1, 0.15) is 0 Å². The molecule has 4 rings (SSSR count). The van der Waals surface area contributed by atoms with Gasteiger partial charge in [0.25, 0.3) is 0 Å². The summed E-state index contributed by atoms with van der Waals surface area (Å²) in [4.78, 5) is 19.7. The summed E-state index contributed by atoms with van der Waals surface area (Å²) in [5, 5.41) is 3.07. The molecule has 2 saturated heterocycles. The van der Waals surface area contributed by atoms with E-state index in [1.165, 1.54) is 24.1 Å². The van der Waals surface area contributed by atoms with Crippen LogP contribution in [0.3, 0.4) is 0 Å². The highest BCUT2D eigenvalue weighted by Gasteiger charge is 2.17. The van der Waals surface area contributed by atoms with Crippen LogP contribution < -0.4 is 10.2 Å². The Morgan fingerprint density at radius 3 is 2.21 bits per heavy atom. The molecule has 0 radical (unpaired) electrons. The lowest BCUT2D eigenvalue weighted by molar-refractivity contribution is -0.117. The number of nitrogens with one attached hydrogen (secondary N) is 1. The molecule has 2 aliphatic rings. The topological polar surface area (TPSA) is 38.8 Å². The molecule has 1 amide bonds. The van der Waals surface area contributed by atoms with Crippen LogP contribution in [0.5, 0.6) is 0 Å². The van der Waals surface area contributed by atoms with Crippen LogP contribution in [0.4, 0.5) is 11.4 Å². The van der Waals surface area contributed by atoms with Crippen molar-refractivity contribution in [3.63, 3.8) is 0 Å². The highest BCUT2D eigenvalue weighted by Crippen LogP contribution is 2.22. The molecule has 0 bridgehead atoms. The fraction of sp³-hybridized carbons (Fsp3) is 0.458. The molecule has 2 aromatic carbocycles. The van der Waals surface area contributed by atoms with Crippen LogP contribution in [-0.2, 0) is 11.3 Å². The Morgan fingerprint density at radius 2 is 1.45 bits per heavy atom. The van der Waals surface area contributed by atoms with Crippen LogP contribution in [0, 0.1) is 0 Å². The van der Waals surface area contributed by atoms with E-state index in [4.69, 9.17) is 0 Å². The number of hydrogen-bond acceptors (Lipinski definition) is 4. The minimum atomic E-state index is 0.0791. The minimum Gasteiger partial charge on any atom is -0.372 e. The van der Waals surface area contributed by atoms with Gasteiger partial charge in [-0.05, 0) is 62.2 Å². The molecule has 5 heteroatoms. The SMILES string of the molecule is O=C(CN1CCCN(Cc2ccccc2)CC1)Nc1ccc(N2CCCC2)cc1. The molecular weight excluding hydrogens is 360 g/mol. The van der Waals surface area contributed by atoms with E-state index in [9.17, 15) is 4.79 Å². The van der Waals surface area contributed by atoms with Crippen molar-refractivity contribution in [2.45, 2.75) is 25.8 Å². The molecule has 2 aliphatic heterocycles. The van der Waals surface area contributed by atoms with Crippen molar-refractivity contribution in [1.82, 2.24) is 9.80 Å². The van der Waals surface area contributed by atoms with Gasteiger partial charge in [-0.1, -0.05) is 30.3 Å². The maximum Gasteiger partial charge on any atom is 0.238 e. The molecule has 0 aromatic heterocycles. The molecular formula is C24H32N4O. The third-order valence-corrected chi connectivity index (χ3v) is 5.92. The highest BCUT2D eigenvalue weighted by atomic mass is 16.2. The van der Waals surface area contributed by atoms with Crippen molar-refractivity contribution in [2.24, 2.45) is 0 Å². The summed E-state index contributed by atoms with van der Waals surface area (Å²) >= 11 is 0. The summed E-state index contributed by atoms with van der Waals surface area (Å²) in [5.74, 6) is 0.0791. The van der Waals surface area contributed by atoms with Gasteiger partial charge in [-0.3, -0.25) is 14.6 Å². The van der Waals surface area contributed by atoms with Gasteiger partial charge < -0.3 is 10.2 Å². The lowest BCUT2D eigenvalue weighted by Gasteiger charge is -2.21. The average molecular weight is 393 g/mol. The van der Waals surface area contributed by atoms with Crippen molar-refractivity contribution in [3.05, 3.63) is 60.2 Å². The molecule has 29 heavy (non-hydrogen) atoms. The van der Waals surface area contributed by atoms with Crippen molar-refractivity contribution < 1.29 is 4.79 Å². The second-order valence-corrected chi connectivity index (χ2v) is 8.18. The molecule has 0 atom stereocenters. The number of carbonyl (C=O) groups is 1. The monoisotopic (exact) mass is 392 g/mol. The zero-order valence-corrected chi connectivity index (χ0v) is 17.2. The van der Waals surface area contributed by atoms with Crippen molar-refractivity contribution >= 4 is 17.3 Å². The van der Waals surface area contributed by atoms with Crippen molar-refractivity contribution in [2.75, 3.05) is 56.0 Å². The second kappa shape index (κ2) is 9.90. The Labute approximate surface area is 174 Å². The molecule has 1 N–H and O–H groups in total. The summed E-state index contributed by atoms with van der Waals surface area (Å²) in [6, 6.07) is 18.9. The number of anilines is 2. The third-order valence-electron chi connectivity index (χ3n) is 5.92. The van der Waals surface area contributed by atoms with Gasteiger partial charge in [-0.25, -0.2) is 0 Å². The lowest BCUT2D eigenvalue weighted by atomic mass is 10.2. The Morgan fingerprint density at radius 1 is 0.759 bits per heavy atom. The normalized spacial score (nSPS) is 18.6. The second-order valence-electron chi connectivity index (χ2n) is 8.18. The number of benzene rings is 2.